The Morgan fingerprint density at radius 2 is 1.67 bits per heavy atom. The minimum Gasteiger partial charge on any atom is -0.444 e. The molecule has 0 aromatic carbocycles. The van der Waals surface area contributed by atoms with Gasteiger partial charge in [0.25, 0.3) is 0 Å². The van der Waals surface area contributed by atoms with Crippen LogP contribution < -0.4 is 5.32 Å². The number of nitrogens with one attached hydrogen (secondary N) is 1. The Morgan fingerprint density at radius 1 is 1.25 bits per heavy atom. The van der Waals surface area contributed by atoms with Crippen molar-refractivity contribution in [1.82, 2.24) is 5.32 Å². The van der Waals surface area contributed by atoms with E-state index in [-0.39, 0.29) is 0 Å². The Morgan fingerprint density at radius 3 is 1.92 bits per heavy atom. The van der Waals surface area contributed by atoms with E-state index in [1.54, 1.807) is 13.8 Å². The third-order valence-electron chi connectivity index (χ3n) is 0.839. The lowest BCUT2D eigenvalue weighted by Crippen LogP contribution is -2.43. The second kappa shape index (κ2) is 3.33. The van der Waals surface area contributed by atoms with E-state index in [4.69, 9.17) is 4.74 Å². The fraction of sp³-hybridized carbons (Fsp3) is 0.778. The zero-order valence-corrected chi connectivity index (χ0v) is 8.52. The van der Waals surface area contributed by atoms with Crippen LogP contribution in [0, 0.1) is 6.92 Å². The lowest BCUT2D eigenvalue weighted by molar-refractivity contribution is 0.0490. The van der Waals surface area contributed by atoms with Gasteiger partial charge in [-0.05, 0) is 41.5 Å². The first-order valence-corrected chi connectivity index (χ1v) is 3.97. The monoisotopic (exact) mass is 172 g/mol. The van der Waals surface area contributed by atoms with Crippen molar-refractivity contribution in [2.24, 2.45) is 0 Å². The summed E-state index contributed by atoms with van der Waals surface area (Å²) >= 11 is 0. The van der Waals surface area contributed by atoms with E-state index in [1.807, 2.05) is 20.8 Å². The maximum atomic E-state index is 11.1. The van der Waals surface area contributed by atoms with Crippen LogP contribution in [0.15, 0.2) is 0 Å². The van der Waals surface area contributed by atoms with Crippen LogP contribution in [0.4, 0.5) is 4.79 Å². The van der Waals surface area contributed by atoms with Crippen LogP contribution >= 0.6 is 0 Å². The number of alkyl carbamates (subject to hydrolysis) is 1. The molecule has 0 unspecified atom stereocenters. The van der Waals surface area contributed by atoms with Gasteiger partial charge in [-0.25, -0.2) is 4.79 Å². The van der Waals surface area contributed by atoms with Crippen LogP contribution in [0.5, 0.6) is 0 Å². The number of hydrogen-bond acceptors (Lipinski definition) is 2. The lowest BCUT2D eigenvalue weighted by atomic mass is 10.1. The second-order valence-electron chi connectivity index (χ2n) is 4.51. The molecule has 0 saturated heterocycles. The maximum absolute atomic E-state index is 11.1. The first-order valence-electron chi connectivity index (χ1n) is 3.97. The van der Waals surface area contributed by atoms with E-state index in [0.29, 0.717) is 0 Å². The average Bonchev–Trinajstić information content (AvgIpc) is 1.49. The Kier molecular flexibility index (Phi) is 3.13. The van der Waals surface area contributed by atoms with Crippen LogP contribution in [0.3, 0.4) is 0 Å². The highest BCUT2D eigenvalue weighted by Crippen LogP contribution is 2.08. The molecule has 0 aromatic heterocycles. The smallest absolute Gasteiger partial charge is 0.408 e. The van der Waals surface area contributed by atoms with Crippen molar-refractivity contribution in [2.75, 3.05) is 0 Å². The largest absolute Gasteiger partial charge is 0.444 e. The van der Waals surface area contributed by atoms with E-state index in [0.717, 1.165) is 0 Å². The van der Waals surface area contributed by atoms with E-state index in [9.17, 15) is 4.79 Å². The average molecular weight is 172 g/mol. The zero-order chi connectivity index (χ0) is 9.99. The topological polar surface area (TPSA) is 38.3 Å². The van der Waals surface area contributed by atoms with Crippen molar-refractivity contribution in [3.8, 4) is 0 Å². The Balaban J connectivity index is 3.92. The summed E-state index contributed by atoms with van der Waals surface area (Å²) in [7, 11) is 0. The van der Waals surface area contributed by atoms with Gasteiger partial charge >= 0.3 is 6.09 Å². The number of hydrogen-bond donors (Lipinski definition) is 1. The summed E-state index contributed by atoms with van der Waals surface area (Å²) in [4.78, 5) is 11.1. The molecule has 0 rings (SSSR count). The molecule has 3 heteroatoms. The molecule has 1 amide bonds. The van der Waals surface area contributed by atoms with Crippen LogP contribution in [0.1, 0.15) is 34.6 Å². The van der Waals surface area contributed by atoms with Gasteiger partial charge in [-0.3, -0.25) is 0 Å². The Hall–Kier alpha value is -0.730. The van der Waals surface area contributed by atoms with Crippen LogP contribution in [0.2, 0.25) is 0 Å². The third-order valence-corrected chi connectivity index (χ3v) is 0.839. The molecule has 3 nitrogen and oxygen atoms in total. The molecule has 0 heterocycles. The molecular weight excluding hydrogens is 154 g/mol. The molecule has 0 fully saturated rings. The number of ether oxygens (including phenoxy) is 1. The first-order chi connectivity index (χ1) is 5.10. The molecular formula is C9H18NO2. The molecule has 0 aliphatic heterocycles. The quantitative estimate of drug-likeness (QED) is 0.658. The fourth-order valence-corrected chi connectivity index (χ4v) is 0.580. The maximum Gasteiger partial charge on any atom is 0.408 e. The van der Waals surface area contributed by atoms with Crippen molar-refractivity contribution in [2.45, 2.75) is 45.8 Å². The van der Waals surface area contributed by atoms with E-state index >= 15 is 0 Å². The Bertz CT molecular complexity index is 144. The molecule has 0 saturated carbocycles. The first kappa shape index (κ1) is 11.3. The number of carbonyl (C=O) groups is 1. The van der Waals surface area contributed by atoms with Gasteiger partial charge in [-0.1, -0.05) is 0 Å². The highest BCUT2D eigenvalue weighted by molar-refractivity contribution is 5.68. The SMILES string of the molecule is [CH2]C(C)(C)NC(=O)OC(C)(C)C. The predicted octanol–water partition coefficient (Wildman–Crippen LogP) is 2.12. The highest BCUT2D eigenvalue weighted by Gasteiger charge is 2.20. The van der Waals surface area contributed by atoms with Crippen molar-refractivity contribution in [1.29, 1.82) is 0 Å². The summed E-state index contributed by atoms with van der Waals surface area (Å²) < 4.78 is 5.02. The minimum atomic E-state index is -0.484. The van der Waals surface area contributed by atoms with Crippen LogP contribution in [0.25, 0.3) is 0 Å². The van der Waals surface area contributed by atoms with Crippen molar-refractivity contribution < 1.29 is 9.53 Å². The molecule has 0 aliphatic carbocycles. The van der Waals surface area contributed by atoms with E-state index in [1.165, 1.54) is 0 Å². The van der Waals surface area contributed by atoms with Gasteiger partial charge in [-0.2, -0.15) is 0 Å². The van der Waals surface area contributed by atoms with Gasteiger partial charge in [0, 0.05) is 5.54 Å². The molecule has 0 spiro atoms. The summed E-state index contributed by atoms with van der Waals surface area (Å²) in [6, 6.07) is 0. The summed E-state index contributed by atoms with van der Waals surface area (Å²) in [6.07, 6.45) is -0.428. The van der Waals surface area contributed by atoms with Crippen molar-refractivity contribution in [3.63, 3.8) is 0 Å². The third kappa shape index (κ3) is 7.38. The number of amides is 1. The number of carbonyl (C=O) groups excluding carboxylic acids is 1. The van der Waals surface area contributed by atoms with Gasteiger partial charge in [0.15, 0.2) is 0 Å². The molecule has 71 valence electrons. The zero-order valence-electron chi connectivity index (χ0n) is 8.52. The normalized spacial score (nSPS) is 12.5. The van der Waals surface area contributed by atoms with Crippen molar-refractivity contribution >= 4 is 6.09 Å². The van der Waals surface area contributed by atoms with Crippen molar-refractivity contribution in [3.05, 3.63) is 6.92 Å². The molecule has 0 bridgehead atoms. The standard InChI is InChI=1S/C9H18NO2/c1-8(2,3)10-7(11)12-9(4,5)6/h1H2,2-6H3,(H,10,11). The van der Waals surface area contributed by atoms with E-state index < -0.39 is 17.2 Å². The Labute approximate surface area is 74.5 Å². The molecule has 0 aliphatic rings. The van der Waals surface area contributed by atoms with E-state index in [2.05, 4.69) is 12.2 Å². The summed E-state index contributed by atoms with van der Waals surface area (Å²) in [5.74, 6) is 0. The molecule has 12 heavy (non-hydrogen) atoms. The summed E-state index contributed by atoms with van der Waals surface area (Å²) in [5.41, 5.74) is -0.933. The van der Waals surface area contributed by atoms with Gasteiger partial charge in [0.2, 0.25) is 0 Å². The predicted molar refractivity (Wildman–Crippen MR) is 48.8 cm³/mol. The highest BCUT2D eigenvalue weighted by atomic mass is 16.6. The lowest BCUT2D eigenvalue weighted by Gasteiger charge is -2.25. The molecule has 1 radical (unpaired) electrons. The van der Waals surface area contributed by atoms with Crippen LogP contribution in [-0.2, 0) is 4.74 Å². The summed E-state index contributed by atoms with van der Waals surface area (Å²) in [6.45, 7) is 12.8. The fourth-order valence-electron chi connectivity index (χ4n) is 0.580. The van der Waals surface area contributed by atoms with Gasteiger partial charge in [0.1, 0.15) is 5.60 Å². The second-order valence-corrected chi connectivity index (χ2v) is 4.51. The van der Waals surface area contributed by atoms with Gasteiger partial charge in [0.05, 0.1) is 0 Å². The molecule has 0 atom stereocenters. The summed E-state index contributed by atoms with van der Waals surface area (Å²) in [5, 5.41) is 2.60. The van der Waals surface area contributed by atoms with Crippen LogP contribution in [-0.4, -0.2) is 17.2 Å². The van der Waals surface area contributed by atoms with Gasteiger partial charge < -0.3 is 10.1 Å². The molecule has 0 aromatic rings. The minimum absolute atomic E-state index is 0.428. The number of rotatable bonds is 1. The van der Waals surface area contributed by atoms with Gasteiger partial charge in [-0.15, -0.1) is 0 Å². The molecule has 1 N–H and O–H groups in total.